The first-order chi connectivity index (χ1) is 18.8. The Hall–Kier alpha value is -3.47. The van der Waals surface area contributed by atoms with Crippen molar-refractivity contribution in [3.63, 3.8) is 0 Å². The summed E-state index contributed by atoms with van der Waals surface area (Å²) in [6.45, 7) is 6.55. The van der Waals surface area contributed by atoms with Crippen LogP contribution in [-0.4, -0.2) is 82.7 Å². The molecule has 3 aromatic rings. The molecule has 0 saturated carbocycles. The number of carbonyl (C=O) groups is 1. The van der Waals surface area contributed by atoms with E-state index in [1.165, 1.54) is 0 Å². The number of rotatable bonds is 6. The van der Waals surface area contributed by atoms with E-state index in [0.29, 0.717) is 49.8 Å². The third-order valence-corrected chi connectivity index (χ3v) is 7.95. The third kappa shape index (κ3) is 4.88. The highest BCUT2D eigenvalue weighted by molar-refractivity contribution is 6.30. The first-order valence-corrected chi connectivity index (χ1v) is 13.4. The predicted molar refractivity (Wildman–Crippen MR) is 146 cm³/mol. The van der Waals surface area contributed by atoms with Gasteiger partial charge < -0.3 is 29.1 Å². The summed E-state index contributed by atoms with van der Waals surface area (Å²) in [5, 5.41) is 10.6. The molecule has 2 aromatic heterocycles. The number of aryl methyl sites for hydroxylation is 1. The zero-order chi connectivity index (χ0) is 27.1. The van der Waals surface area contributed by atoms with Gasteiger partial charge in [0.2, 0.25) is 11.8 Å². The normalized spacial score (nSPS) is 24.0. The van der Waals surface area contributed by atoms with Crippen molar-refractivity contribution in [1.82, 2.24) is 15.0 Å². The van der Waals surface area contributed by atoms with Gasteiger partial charge in [0.25, 0.3) is 0 Å². The molecule has 1 aromatic carbocycles. The second-order valence-corrected chi connectivity index (χ2v) is 10.7. The molecule has 1 N–H and O–H groups in total. The van der Waals surface area contributed by atoms with Gasteiger partial charge in [0, 0.05) is 30.4 Å². The molecule has 3 saturated heterocycles. The van der Waals surface area contributed by atoms with Crippen LogP contribution in [0.5, 0.6) is 5.88 Å². The molecular formula is C28H30ClN5O5. The number of aromatic nitrogens is 3. The lowest BCUT2D eigenvalue weighted by Gasteiger charge is -2.53. The molecule has 0 unspecified atom stereocenters. The first-order valence-electron chi connectivity index (χ1n) is 13.0. The number of aliphatic carboxylic acids is 1. The fourth-order valence-corrected chi connectivity index (χ4v) is 5.70. The summed E-state index contributed by atoms with van der Waals surface area (Å²) in [7, 11) is 0. The highest BCUT2D eigenvalue weighted by atomic mass is 35.5. The lowest BCUT2D eigenvalue weighted by atomic mass is 9.90. The Balaban J connectivity index is 1.27. The number of halogens is 1. The Morgan fingerprint density at radius 3 is 2.69 bits per heavy atom. The summed E-state index contributed by atoms with van der Waals surface area (Å²) in [6.07, 6.45) is 1.36. The summed E-state index contributed by atoms with van der Waals surface area (Å²) in [5.74, 6) is -0.175. The maximum absolute atomic E-state index is 12.3. The number of morpholine rings is 1. The number of anilines is 2. The average Bonchev–Trinajstić information content (AvgIpc) is 3.34. The highest BCUT2D eigenvalue weighted by Crippen LogP contribution is 2.40. The van der Waals surface area contributed by atoms with Crippen LogP contribution in [0, 0.1) is 6.92 Å². The van der Waals surface area contributed by atoms with E-state index in [4.69, 9.17) is 30.8 Å². The Labute approximate surface area is 231 Å². The van der Waals surface area contributed by atoms with Crippen LogP contribution < -0.4 is 14.5 Å². The highest BCUT2D eigenvalue weighted by Gasteiger charge is 2.50. The molecule has 3 fully saturated rings. The van der Waals surface area contributed by atoms with Crippen molar-refractivity contribution in [2.45, 2.75) is 44.1 Å². The van der Waals surface area contributed by atoms with Crippen LogP contribution in [0.1, 0.15) is 19.0 Å². The number of ether oxygens (including phenoxy) is 3. The Bertz CT molecular complexity index is 1370. The van der Waals surface area contributed by atoms with Crippen molar-refractivity contribution in [1.29, 1.82) is 0 Å². The molecule has 3 atom stereocenters. The van der Waals surface area contributed by atoms with Crippen LogP contribution in [-0.2, 0) is 14.3 Å². The van der Waals surface area contributed by atoms with Crippen molar-refractivity contribution in [2.75, 3.05) is 42.7 Å². The van der Waals surface area contributed by atoms with Crippen LogP contribution in [0.15, 0.2) is 48.7 Å². The van der Waals surface area contributed by atoms with E-state index >= 15 is 0 Å². The molecule has 3 aliphatic rings. The Morgan fingerprint density at radius 1 is 1.18 bits per heavy atom. The van der Waals surface area contributed by atoms with Gasteiger partial charge in [-0.05, 0) is 26.0 Å². The van der Waals surface area contributed by atoms with Gasteiger partial charge in [-0.15, -0.1) is 0 Å². The van der Waals surface area contributed by atoms with Crippen LogP contribution >= 0.6 is 11.6 Å². The summed E-state index contributed by atoms with van der Waals surface area (Å²) in [4.78, 5) is 30.1. The van der Waals surface area contributed by atoms with Crippen molar-refractivity contribution < 1.29 is 24.1 Å². The number of carboxylic acid groups (broad SMARTS) is 1. The van der Waals surface area contributed by atoms with Crippen molar-refractivity contribution in [2.24, 2.45) is 0 Å². The van der Waals surface area contributed by atoms with Gasteiger partial charge in [0.1, 0.15) is 23.4 Å². The van der Waals surface area contributed by atoms with Crippen LogP contribution in [0.2, 0.25) is 5.02 Å². The van der Waals surface area contributed by atoms with Gasteiger partial charge in [0.15, 0.2) is 0 Å². The van der Waals surface area contributed by atoms with E-state index in [9.17, 15) is 9.90 Å². The quantitative estimate of drug-likeness (QED) is 0.488. The molecule has 3 aliphatic heterocycles. The minimum Gasteiger partial charge on any atom is -0.480 e. The molecule has 10 nitrogen and oxygen atoms in total. The molecule has 0 bridgehead atoms. The minimum atomic E-state index is -0.953. The van der Waals surface area contributed by atoms with E-state index in [0.717, 1.165) is 22.6 Å². The van der Waals surface area contributed by atoms with Crippen LogP contribution in [0.25, 0.3) is 11.3 Å². The van der Waals surface area contributed by atoms with E-state index in [1.807, 2.05) is 49.4 Å². The number of nitrogens with zero attached hydrogens (tertiary/aromatic N) is 5. The summed E-state index contributed by atoms with van der Waals surface area (Å²) < 4.78 is 18.0. The molecule has 11 heteroatoms. The van der Waals surface area contributed by atoms with Gasteiger partial charge >= 0.3 is 5.97 Å². The fourth-order valence-electron chi connectivity index (χ4n) is 5.55. The standard InChI is InChI=1S/C28H30ClN5O5/c1-17-10-22(19-6-4-3-5-7-19)32-27(31-17)34-14-21(12-24(34)26(35)36)39-25-23(11-20(29)13-30-25)33-8-9-38-28(18(33)2)15-37-16-28/h3-7,10-11,13,18,21,24H,8-9,12,14-16H2,1-2H3,(H,35,36)/t18-,21-,24-/m0/s1. The maximum atomic E-state index is 12.3. The molecule has 1 spiro atoms. The van der Waals surface area contributed by atoms with Crippen molar-refractivity contribution in [3.05, 3.63) is 59.4 Å². The van der Waals surface area contributed by atoms with Crippen LogP contribution in [0.3, 0.4) is 0 Å². The Kier molecular flexibility index (Phi) is 6.78. The van der Waals surface area contributed by atoms with Gasteiger partial charge in [0.05, 0.1) is 43.1 Å². The summed E-state index contributed by atoms with van der Waals surface area (Å²) in [6, 6.07) is 12.7. The zero-order valence-corrected chi connectivity index (χ0v) is 22.5. The molecule has 0 aliphatic carbocycles. The number of hydrogen-bond acceptors (Lipinski definition) is 9. The van der Waals surface area contributed by atoms with E-state index < -0.39 is 18.1 Å². The largest absolute Gasteiger partial charge is 0.480 e. The number of pyridine rings is 1. The number of benzene rings is 1. The topological polar surface area (TPSA) is 110 Å². The first kappa shape index (κ1) is 25.8. The lowest BCUT2D eigenvalue weighted by molar-refractivity contribution is -0.228. The van der Waals surface area contributed by atoms with E-state index in [-0.39, 0.29) is 18.1 Å². The van der Waals surface area contributed by atoms with Crippen molar-refractivity contribution >= 4 is 29.2 Å². The number of hydrogen-bond donors (Lipinski definition) is 1. The zero-order valence-electron chi connectivity index (χ0n) is 21.8. The predicted octanol–water partition coefficient (Wildman–Crippen LogP) is 3.61. The number of carboxylic acids is 1. The van der Waals surface area contributed by atoms with Crippen LogP contribution in [0.4, 0.5) is 11.6 Å². The molecule has 39 heavy (non-hydrogen) atoms. The third-order valence-electron chi connectivity index (χ3n) is 7.75. The van der Waals surface area contributed by atoms with Crippen molar-refractivity contribution in [3.8, 4) is 17.1 Å². The molecule has 5 heterocycles. The van der Waals surface area contributed by atoms with E-state index in [1.54, 1.807) is 11.1 Å². The minimum absolute atomic E-state index is 0.0200. The van der Waals surface area contributed by atoms with Gasteiger partial charge in [-0.25, -0.2) is 19.7 Å². The molecule has 0 amide bonds. The molecule has 204 valence electrons. The average molecular weight is 552 g/mol. The second-order valence-electron chi connectivity index (χ2n) is 10.3. The molecule has 0 radical (unpaired) electrons. The van der Waals surface area contributed by atoms with Gasteiger partial charge in [-0.3, -0.25) is 0 Å². The fraction of sp³-hybridized carbons (Fsp3) is 0.429. The van der Waals surface area contributed by atoms with Gasteiger partial charge in [-0.1, -0.05) is 41.9 Å². The SMILES string of the molecule is Cc1cc(-c2ccccc2)nc(N2C[C@@H](Oc3ncc(Cl)cc3N3CCOC4(COC4)[C@@H]3C)C[C@H]2C(=O)O)n1. The lowest BCUT2D eigenvalue weighted by Crippen LogP contribution is -2.68. The van der Waals surface area contributed by atoms with Gasteiger partial charge in [-0.2, -0.15) is 0 Å². The second kappa shape index (κ2) is 10.3. The molecular weight excluding hydrogens is 522 g/mol. The Morgan fingerprint density at radius 2 is 1.97 bits per heavy atom. The van der Waals surface area contributed by atoms with E-state index in [2.05, 4.69) is 21.8 Å². The molecule has 6 rings (SSSR count). The summed E-state index contributed by atoms with van der Waals surface area (Å²) >= 11 is 6.36. The summed E-state index contributed by atoms with van der Waals surface area (Å²) in [5.41, 5.74) is 2.82. The maximum Gasteiger partial charge on any atom is 0.326 e. The smallest absolute Gasteiger partial charge is 0.326 e. The monoisotopic (exact) mass is 551 g/mol.